The van der Waals surface area contributed by atoms with Gasteiger partial charge in [-0.3, -0.25) is 20.2 Å². The molecule has 0 amide bonds. The van der Waals surface area contributed by atoms with E-state index in [1.807, 2.05) is 0 Å². The SMILES string of the molecule is CCCOC(=O)c1cc([N+](=O)[O-])c(N(C(C)C)C(C)C)c([N+](=O)[O-])c1. The van der Waals surface area contributed by atoms with Gasteiger partial charge in [0.15, 0.2) is 5.69 Å². The molecule has 0 atom stereocenters. The van der Waals surface area contributed by atoms with Crippen LogP contribution in [0.5, 0.6) is 0 Å². The zero-order chi connectivity index (χ0) is 19.3. The molecule has 0 spiro atoms. The van der Waals surface area contributed by atoms with E-state index < -0.39 is 27.2 Å². The predicted molar refractivity (Wildman–Crippen MR) is 93.1 cm³/mol. The van der Waals surface area contributed by atoms with Crippen molar-refractivity contribution in [1.29, 1.82) is 0 Å². The van der Waals surface area contributed by atoms with E-state index in [9.17, 15) is 25.0 Å². The van der Waals surface area contributed by atoms with Crippen molar-refractivity contribution < 1.29 is 19.4 Å². The fourth-order valence-corrected chi connectivity index (χ4v) is 2.66. The van der Waals surface area contributed by atoms with E-state index in [4.69, 9.17) is 4.74 Å². The lowest BCUT2D eigenvalue weighted by atomic mass is 10.1. The first kappa shape index (κ1) is 20.3. The molecule has 1 rings (SSSR count). The van der Waals surface area contributed by atoms with Crippen LogP contribution < -0.4 is 4.90 Å². The number of nitro groups is 2. The molecule has 0 aliphatic heterocycles. The lowest BCUT2D eigenvalue weighted by Gasteiger charge is -2.32. The highest BCUT2D eigenvalue weighted by atomic mass is 16.6. The fourth-order valence-electron chi connectivity index (χ4n) is 2.66. The van der Waals surface area contributed by atoms with Crippen LogP contribution >= 0.6 is 0 Å². The zero-order valence-corrected chi connectivity index (χ0v) is 15.0. The first-order chi connectivity index (χ1) is 11.6. The molecule has 0 N–H and O–H groups in total. The summed E-state index contributed by atoms with van der Waals surface area (Å²) >= 11 is 0. The van der Waals surface area contributed by atoms with Crippen molar-refractivity contribution in [2.24, 2.45) is 0 Å². The number of esters is 1. The van der Waals surface area contributed by atoms with Crippen LogP contribution in [0.25, 0.3) is 0 Å². The molecule has 0 aromatic heterocycles. The average Bonchev–Trinajstić information content (AvgIpc) is 2.51. The second-order valence-corrected chi connectivity index (χ2v) is 6.11. The number of rotatable bonds is 8. The van der Waals surface area contributed by atoms with Crippen molar-refractivity contribution >= 4 is 23.0 Å². The molecule has 1 aromatic rings. The lowest BCUT2D eigenvalue weighted by molar-refractivity contribution is -0.392. The van der Waals surface area contributed by atoms with Crippen LogP contribution in [0.1, 0.15) is 51.4 Å². The Labute approximate surface area is 145 Å². The molecule has 0 fully saturated rings. The Morgan fingerprint density at radius 3 is 1.84 bits per heavy atom. The summed E-state index contributed by atoms with van der Waals surface area (Å²) in [6.45, 7) is 9.08. The molecule has 0 saturated carbocycles. The number of nitrogens with zero attached hydrogens (tertiary/aromatic N) is 3. The molecular formula is C16H23N3O6. The van der Waals surface area contributed by atoms with Gasteiger partial charge in [0.05, 0.1) is 22.0 Å². The van der Waals surface area contributed by atoms with E-state index in [1.165, 1.54) is 0 Å². The quantitative estimate of drug-likeness (QED) is 0.397. The highest BCUT2D eigenvalue weighted by Crippen LogP contribution is 2.40. The van der Waals surface area contributed by atoms with Gasteiger partial charge in [0, 0.05) is 24.2 Å². The highest BCUT2D eigenvalue weighted by Gasteiger charge is 2.34. The topological polar surface area (TPSA) is 116 Å². The maximum absolute atomic E-state index is 12.0. The van der Waals surface area contributed by atoms with Crippen LogP contribution in [-0.4, -0.2) is 34.5 Å². The van der Waals surface area contributed by atoms with Crippen molar-refractivity contribution in [1.82, 2.24) is 0 Å². The standard InChI is InChI=1S/C16H23N3O6/c1-6-7-25-16(20)12-8-13(18(21)22)15(14(9-12)19(23)24)17(10(2)3)11(4)5/h8-11H,6-7H2,1-5H3. The Bertz CT molecular complexity index is 629. The van der Waals surface area contributed by atoms with Gasteiger partial charge in [-0.1, -0.05) is 6.92 Å². The maximum atomic E-state index is 12.0. The number of carbonyl (C=O) groups is 1. The molecular weight excluding hydrogens is 330 g/mol. The Morgan fingerprint density at radius 2 is 1.52 bits per heavy atom. The predicted octanol–water partition coefficient (Wildman–Crippen LogP) is 3.69. The Morgan fingerprint density at radius 1 is 1.08 bits per heavy atom. The van der Waals surface area contributed by atoms with Gasteiger partial charge in [0.1, 0.15) is 0 Å². The zero-order valence-electron chi connectivity index (χ0n) is 15.0. The van der Waals surface area contributed by atoms with Crippen LogP contribution in [0.3, 0.4) is 0 Å². The van der Waals surface area contributed by atoms with E-state index in [0.29, 0.717) is 6.42 Å². The summed E-state index contributed by atoms with van der Waals surface area (Å²) in [4.78, 5) is 35.3. The molecule has 0 radical (unpaired) electrons. The van der Waals surface area contributed by atoms with Gasteiger partial charge in [-0.25, -0.2) is 4.79 Å². The van der Waals surface area contributed by atoms with Crippen LogP contribution in [0.4, 0.5) is 17.1 Å². The highest BCUT2D eigenvalue weighted by molar-refractivity contribution is 5.94. The van der Waals surface area contributed by atoms with E-state index in [2.05, 4.69) is 0 Å². The molecule has 1 aromatic carbocycles. The molecule has 0 aliphatic carbocycles. The third-order valence-electron chi connectivity index (χ3n) is 3.51. The fraction of sp³-hybridized carbons (Fsp3) is 0.562. The van der Waals surface area contributed by atoms with E-state index in [1.54, 1.807) is 39.5 Å². The van der Waals surface area contributed by atoms with Crippen molar-refractivity contribution in [2.45, 2.75) is 53.1 Å². The largest absolute Gasteiger partial charge is 0.462 e. The average molecular weight is 353 g/mol. The molecule has 0 aliphatic rings. The minimum absolute atomic E-state index is 0.105. The third kappa shape index (κ3) is 4.65. The smallest absolute Gasteiger partial charge is 0.338 e. The molecule has 0 heterocycles. The summed E-state index contributed by atoms with van der Waals surface area (Å²) in [6, 6.07) is 1.65. The van der Waals surface area contributed by atoms with Gasteiger partial charge in [0.25, 0.3) is 0 Å². The lowest BCUT2D eigenvalue weighted by Crippen LogP contribution is -2.38. The van der Waals surface area contributed by atoms with Crippen LogP contribution in [0.15, 0.2) is 12.1 Å². The summed E-state index contributed by atoms with van der Waals surface area (Å²) in [5.74, 6) is -0.819. The Kier molecular flexibility index (Phi) is 6.84. The number of anilines is 1. The number of benzene rings is 1. The van der Waals surface area contributed by atoms with Gasteiger partial charge in [-0.05, 0) is 34.1 Å². The molecule has 9 nitrogen and oxygen atoms in total. The maximum Gasteiger partial charge on any atom is 0.338 e. The monoisotopic (exact) mass is 353 g/mol. The second kappa shape index (κ2) is 8.41. The number of ether oxygens (including phenoxy) is 1. The van der Waals surface area contributed by atoms with Crippen molar-refractivity contribution in [3.63, 3.8) is 0 Å². The summed E-state index contributed by atoms with van der Waals surface area (Å²) in [7, 11) is 0. The van der Waals surface area contributed by atoms with Crippen molar-refractivity contribution in [2.75, 3.05) is 11.5 Å². The first-order valence-electron chi connectivity index (χ1n) is 8.04. The van der Waals surface area contributed by atoms with Crippen molar-refractivity contribution in [3.05, 3.63) is 37.9 Å². The Balaban J connectivity index is 3.67. The third-order valence-corrected chi connectivity index (χ3v) is 3.51. The minimum atomic E-state index is -0.819. The molecule has 25 heavy (non-hydrogen) atoms. The molecule has 9 heteroatoms. The van der Waals surface area contributed by atoms with E-state index >= 15 is 0 Å². The van der Waals surface area contributed by atoms with Gasteiger partial charge in [-0.15, -0.1) is 0 Å². The molecule has 138 valence electrons. The molecule has 0 saturated heterocycles. The summed E-state index contributed by atoms with van der Waals surface area (Å²) in [6.07, 6.45) is 0.572. The summed E-state index contributed by atoms with van der Waals surface area (Å²) in [5.41, 5.74) is -1.28. The number of hydrogen-bond acceptors (Lipinski definition) is 7. The minimum Gasteiger partial charge on any atom is -0.462 e. The van der Waals surface area contributed by atoms with E-state index in [-0.39, 0.29) is 29.9 Å². The van der Waals surface area contributed by atoms with Crippen molar-refractivity contribution in [3.8, 4) is 0 Å². The normalized spacial score (nSPS) is 10.8. The van der Waals surface area contributed by atoms with Gasteiger partial charge in [-0.2, -0.15) is 0 Å². The van der Waals surface area contributed by atoms with Gasteiger partial charge >= 0.3 is 17.3 Å². The van der Waals surface area contributed by atoms with Crippen LogP contribution in [0, 0.1) is 20.2 Å². The second-order valence-electron chi connectivity index (χ2n) is 6.11. The summed E-state index contributed by atoms with van der Waals surface area (Å²) < 4.78 is 4.94. The number of hydrogen-bond donors (Lipinski definition) is 0. The number of nitro benzene ring substituents is 2. The first-order valence-corrected chi connectivity index (χ1v) is 8.04. The van der Waals surface area contributed by atoms with Crippen LogP contribution in [0.2, 0.25) is 0 Å². The number of carbonyl (C=O) groups excluding carboxylic acids is 1. The van der Waals surface area contributed by atoms with Gasteiger partial charge < -0.3 is 9.64 Å². The molecule has 0 bridgehead atoms. The summed E-state index contributed by atoms with van der Waals surface area (Å²) in [5, 5.41) is 23.1. The van der Waals surface area contributed by atoms with Gasteiger partial charge in [0.2, 0.25) is 0 Å². The van der Waals surface area contributed by atoms with Crippen LogP contribution in [-0.2, 0) is 4.74 Å². The molecule has 0 unspecified atom stereocenters. The van der Waals surface area contributed by atoms with E-state index in [0.717, 1.165) is 12.1 Å². The Hall–Kier alpha value is -2.71.